The third-order valence-corrected chi connectivity index (χ3v) is 25.2. The Morgan fingerprint density at radius 3 is 1.10 bits per heavy atom. The van der Waals surface area contributed by atoms with Gasteiger partial charge >= 0.3 is 0 Å². The second-order valence-corrected chi connectivity index (χ2v) is 35.4. The number of para-hydroxylation sites is 3. The Balaban J connectivity index is 0.839. The minimum atomic E-state index is -1.42. The van der Waals surface area contributed by atoms with Crippen LogP contribution in [0.3, 0.4) is 0 Å². The molecule has 0 aliphatic carbocycles. The Kier molecular flexibility index (Phi) is 36.4. The van der Waals surface area contributed by atoms with E-state index in [2.05, 4.69) is 73.4 Å². The lowest BCUT2D eigenvalue weighted by Crippen LogP contribution is -2.61. The van der Waals surface area contributed by atoms with Crippen molar-refractivity contribution in [2.24, 2.45) is 40.5 Å². The fourth-order valence-corrected chi connectivity index (χ4v) is 17.8. The van der Waals surface area contributed by atoms with Crippen molar-refractivity contribution in [3.8, 4) is 0 Å². The third-order valence-electron chi connectivity index (χ3n) is 25.2. The first-order valence-corrected chi connectivity index (χ1v) is 46.3. The number of hydrogen-bond donors (Lipinski definition) is 21. The number of carbonyl (C=O) groups is 13. The molecule has 3 aliphatic heterocycles. The van der Waals surface area contributed by atoms with E-state index in [0.717, 1.165) is 32.7 Å². The third kappa shape index (κ3) is 27.5. The minimum absolute atomic E-state index is 0.0231. The van der Waals surface area contributed by atoms with Crippen LogP contribution >= 0.6 is 0 Å². The first-order chi connectivity index (χ1) is 64.0. The van der Waals surface area contributed by atoms with Gasteiger partial charge in [0.2, 0.25) is 76.8 Å². The highest BCUT2D eigenvalue weighted by Gasteiger charge is 2.45. The van der Waals surface area contributed by atoms with E-state index >= 15 is 43.2 Å². The van der Waals surface area contributed by atoms with Gasteiger partial charge in [-0.1, -0.05) is 149 Å². The molecule has 3 aromatic heterocycles. The van der Waals surface area contributed by atoms with Crippen LogP contribution in [0.2, 0.25) is 0 Å². The summed E-state index contributed by atoms with van der Waals surface area (Å²) in [5.74, 6) is -9.95. The number of unbranched alkanes of at least 4 members (excludes halogenated alkanes) is 1. The molecule has 712 valence electrons. The van der Waals surface area contributed by atoms with Crippen molar-refractivity contribution in [1.82, 2.24) is 88.1 Å². The van der Waals surface area contributed by atoms with E-state index < -0.39 is 155 Å². The van der Waals surface area contributed by atoms with Crippen molar-refractivity contribution < 1.29 is 62.3 Å². The highest BCUT2D eigenvalue weighted by molar-refractivity contribution is 6.02. The Morgan fingerprint density at radius 2 is 0.714 bits per heavy atom. The molecule has 13 amide bonds. The largest absolute Gasteiger partial charge is 0.370 e. The van der Waals surface area contributed by atoms with Gasteiger partial charge in [0, 0.05) is 116 Å². The number of aromatic amines is 3. The molecule has 0 bridgehead atoms. The number of primary amides is 1. The number of guanidine groups is 2. The predicted octanol–water partition coefficient (Wildman–Crippen LogP) is 2.54. The van der Waals surface area contributed by atoms with Gasteiger partial charge in [-0.3, -0.25) is 73.1 Å². The lowest BCUT2D eigenvalue weighted by atomic mass is 9.97. The number of nitrogens with two attached hydrogens (primary N) is 5. The smallest absolute Gasteiger partial charge is 0.246 e. The lowest BCUT2D eigenvalue weighted by molar-refractivity contribution is -0.143. The van der Waals surface area contributed by atoms with E-state index in [1.54, 1.807) is 79.3 Å². The van der Waals surface area contributed by atoms with Gasteiger partial charge in [-0.2, -0.15) is 0 Å². The summed E-state index contributed by atoms with van der Waals surface area (Å²) in [4.78, 5) is 208. The summed E-state index contributed by atoms with van der Waals surface area (Å²) in [6, 6.07) is 23.6. The van der Waals surface area contributed by atoms with Crippen LogP contribution in [-0.2, 0) is 94.4 Å². The number of rotatable bonds is 48. The molecule has 0 saturated carbocycles. The van der Waals surface area contributed by atoms with Crippen LogP contribution in [0.15, 0.2) is 152 Å². The summed E-state index contributed by atoms with van der Waals surface area (Å²) in [7, 11) is 0. The van der Waals surface area contributed by atoms with E-state index in [1.165, 1.54) is 14.7 Å². The maximum absolute atomic E-state index is 15.9. The monoisotopic (exact) mass is 1830 g/mol. The van der Waals surface area contributed by atoms with Gasteiger partial charge in [0.1, 0.15) is 72.5 Å². The van der Waals surface area contributed by atoms with E-state index in [4.69, 9.17) is 39.5 Å². The van der Waals surface area contributed by atoms with Gasteiger partial charge in [-0.15, -0.1) is 0 Å². The molecular formula is C96H130N24O13. The second kappa shape index (κ2) is 48.4. The van der Waals surface area contributed by atoms with Gasteiger partial charge in [-0.05, 0) is 154 Å². The summed E-state index contributed by atoms with van der Waals surface area (Å²) in [5.41, 5.74) is 34.6. The lowest BCUT2D eigenvalue weighted by Gasteiger charge is -2.32. The van der Waals surface area contributed by atoms with Crippen LogP contribution in [0.4, 0.5) is 0 Å². The maximum atomic E-state index is 15.9. The van der Waals surface area contributed by atoms with Crippen molar-refractivity contribution in [3.63, 3.8) is 0 Å². The fourth-order valence-electron chi connectivity index (χ4n) is 17.8. The van der Waals surface area contributed by atoms with Crippen LogP contribution in [-0.4, -0.2) is 236 Å². The molecule has 3 fully saturated rings. The molecule has 3 saturated heterocycles. The fraction of sp³-hybridized carbons (Fsp3) is 0.469. The predicted molar refractivity (Wildman–Crippen MR) is 505 cm³/mol. The molecule has 0 radical (unpaired) electrons. The van der Waals surface area contributed by atoms with E-state index in [1.807, 2.05) is 100 Å². The highest BCUT2D eigenvalue weighted by Crippen LogP contribution is 2.29. The minimum Gasteiger partial charge on any atom is -0.370 e. The number of fused-ring (bicyclic) bond motifs is 3. The number of amides is 13. The number of benzene rings is 5. The van der Waals surface area contributed by atoms with Crippen LogP contribution in [0.1, 0.15) is 152 Å². The zero-order valence-corrected chi connectivity index (χ0v) is 76.0. The number of carbonyl (C=O) groups excluding carboxylic acids is 13. The molecule has 11 rings (SSSR count). The van der Waals surface area contributed by atoms with Crippen molar-refractivity contribution in [1.29, 1.82) is 10.8 Å². The SMILES string of the molecule is CC[C@H](C)[C@H](N)C(=O)N[C@@H](CC(C)C)C(=O)N1CCC[C@H]1C(=O)N[C@@H](Cc1c[nH]c2ccccc12)C(=O)N[C@@H](CCCCN)C(=O)N[C@@H](Cc1c[nH]c2ccccc12)C(=O)N1CCC[C@H]1C(=O)N[C@@H](Cc1ccccc1)C(=O)N[C@@H](Cc1ccccc1)C(=O)N1CCC[C@H]1C(=O)N[C@@H](Cc1c[nH]c2ccccc12)C(=O)N[C@@H](CCCNC(=N)N)C(=O)N[C@@H](CCCNC(=N)N)C(N)=O. The van der Waals surface area contributed by atoms with Crippen molar-refractivity contribution in [2.75, 3.05) is 39.3 Å². The molecule has 5 aromatic carbocycles. The zero-order chi connectivity index (χ0) is 95.4. The summed E-state index contributed by atoms with van der Waals surface area (Å²) >= 11 is 0. The molecule has 0 spiro atoms. The Bertz CT molecular complexity index is 5390. The molecule has 37 heteroatoms. The second-order valence-electron chi connectivity index (χ2n) is 35.4. The number of hydrogen-bond acceptors (Lipinski definition) is 17. The van der Waals surface area contributed by atoms with Gasteiger partial charge in [0.05, 0.1) is 6.04 Å². The average molecular weight is 1830 g/mol. The standard InChI is InChI=1S/C96H130N24O13/c1-5-57(4)81(98)91(130)117-75(47-56(2)3)92(131)118-44-22-39-79(118)89(128)113-73(50-60-53-106-66-32-15-12-29-63(60)66)86(125)110-70(35-18-19-41-97)84(123)116-77(52-62-55-108-68-34-17-14-31-65(62)68)94(133)120-46-24-38-78(120)88(127)112-72(48-58-25-8-6-9-26-58)85(124)115-76(49-59-27-10-7-11-28-59)93(132)119-45-23-40-80(119)90(129)114-74(51-61-54-107-67-33-16-13-30-64(61)67)87(126)111-71(37-21-43-105-96(102)103)83(122)109-69(82(99)121)36-20-42-104-95(100)101/h6-17,25-34,53-57,69-81,106-108H,5,18-24,35-52,97-98H2,1-4H3,(H2,99,121)(H,109,122)(H,110,125)(H,111,126)(H,112,127)(H,113,128)(H,114,129)(H,115,124)(H,116,123)(H,117,130)(H4,100,101,104)(H4,102,103,105)/t57-,69-,70-,71-,72-,73-,74-,75-,76-,77-,78-,79-,80-,81-/m0/s1. The maximum Gasteiger partial charge on any atom is 0.246 e. The summed E-state index contributed by atoms with van der Waals surface area (Å²) in [6.07, 6.45) is 8.34. The first kappa shape index (κ1) is 99.9. The molecule has 8 aromatic rings. The highest BCUT2D eigenvalue weighted by atomic mass is 16.2. The van der Waals surface area contributed by atoms with Crippen LogP contribution in [0, 0.1) is 22.7 Å². The van der Waals surface area contributed by atoms with Gasteiger partial charge < -0.3 is 117 Å². The molecule has 6 heterocycles. The Labute approximate surface area is 773 Å². The zero-order valence-electron chi connectivity index (χ0n) is 76.0. The number of likely N-dealkylation sites (tertiary alicyclic amines) is 3. The normalized spacial score (nSPS) is 17.3. The van der Waals surface area contributed by atoms with Crippen LogP contribution in [0.25, 0.3) is 32.7 Å². The van der Waals surface area contributed by atoms with Crippen molar-refractivity contribution in [3.05, 3.63) is 180 Å². The summed E-state index contributed by atoms with van der Waals surface area (Å²) < 4.78 is 0. The van der Waals surface area contributed by atoms with E-state index in [-0.39, 0.29) is 153 Å². The quantitative estimate of drug-likeness (QED) is 0.0148. The summed E-state index contributed by atoms with van der Waals surface area (Å²) in [6.45, 7) is 8.44. The van der Waals surface area contributed by atoms with E-state index in [0.29, 0.717) is 66.3 Å². The number of nitrogens with one attached hydrogen (secondary N) is 16. The van der Waals surface area contributed by atoms with Gasteiger partial charge in [0.25, 0.3) is 0 Å². The molecule has 0 unspecified atom stereocenters. The van der Waals surface area contributed by atoms with E-state index in [9.17, 15) is 19.2 Å². The molecule has 3 aliphatic rings. The number of aromatic nitrogens is 3. The average Bonchev–Trinajstić information content (AvgIpc) is 1.65. The number of nitrogens with zero attached hydrogens (tertiary/aromatic N) is 3. The molecular weight excluding hydrogens is 1700 g/mol. The Morgan fingerprint density at radius 1 is 0.391 bits per heavy atom. The first-order valence-electron chi connectivity index (χ1n) is 46.3. The Hall–Kier alpha value is -13.7. The molecule has 26 N–H and O–H groups in total. The number of H-pyrrole nitrogens is 3. The van der Waals surface area contributed by atoms with Gasteiger partial charge in [-0.25, -0.2) is 0 Å². The van der Waals surface area contributed by atoms with Crippen LogP contribution in [0.5, 0.6) is 0 Å². The van der Waals surface area contributed by atoms with Crippen molar-refractivity contribution in [2.45, 2.75) is 235 Å². The molecule has 14 atom stereocenters. The summed E-state index contributed by atoms with van der Waals surface area (Å²) in [5, 5.41) is 48.9. The molecule has 133 heavy (non-hydrogen) atoms. The molecule has 37 nitrogen and oxygen atoms in total. The van der Waals surface area contributed by atoms with Gasteiger partial charge in [0.15, 0.2) is 11.9 Å². The van der Waals surface area contributed by atoms with Crippen LogP contribution < -0.4 is 87.2 Å². The topological polar surface area (TPSA) is 589 Å². The van der Waals surface area contributed by atoms with Crippen molar-refractivity contribution >= 4 is 121 Å².